The summed E-state index contributed by atoms with van der Waals surface area (Å²) >= 11 is 0. The number of Topliss-reactive ketones (excluding diaryl/α,β-unsaturated/α-hetero) is 1. The molecule has 0 saturated carbocycles. The predicted molar refractivity (Wildman–Crippen MR) is 259 cm³/mol. The van der Waals surface area contributed by atoms with Crippen molar-refractivity contribution in [1.82, 2.24) is 4.90 Å². The normalized spacial score (nSPS) is 23.5. The van der Waals surface area contributed by atoms with Crippen molar-refractivity contribution < 1.29 is 80.9 Å². The minimum Gasteiger partial charge on any atom is -0.467 e. The Bertz CT molecular complexity index is 2440. The second-order valence-corrected chi connectivity index (χ2v) is 17.2. The van der Waals surface area contributed by atoms with Crippen LogP contribution >= 0.6 is 0 Å². The molecule has 0 radical (unpaired) electrons. The van der Waals surface area contributed by atoms with Crippen LogP contribution in [0, 0.1) is 0 Å². The van der Waals surface area contributed by atoms with Crippen LogP contribution in [0.1, 0.15) is 78.3 Å². The monoisotopic (exact) mass is 1010 g/mol. The summed E-state index contributed by atoms with van der Waals surface area (Å²) in [7, 11) is 1.04. The van der Waals surface area contributed by atoms with E-state index in [1.165, 1.54) is 45.0 Å². The Labute approximate surface area is 423 Å². The highest BCUT2D eigenvalue weighted by Gasteiger charge is 2.59. The van der Waals surface area contributed by atoms with Crippen LogP contribution in [0.25, 0.3) is 0 Å². The second-order valence-electron chi connectivity index (χ2n) is 17.2. The molecule has 6 rings (SSSR count). The number of carbonyl (C=O) groups is 7. The van der Waals surface area contributed by atoms with Gasteiger partial charge in [0.15, 0.2) is 37.0 Å². The molecular formula is C55H61NO17. The van der Waals surface area contributed by atoms with Gasteiger partial charge in [-0.2, -0.15) is 0 Å². The van der Waals surface area contributed by atoms with Crippen molar-refractivity contribution in [2.45, 2.75) is 121 Å². The molecule has 2 saturated heterocycles. The van der Waals surface area contributed by atoms with E-state index in [2.05, 4.69) is 6.58 Å². The van der Waals surface area contributed by atoms with Crippen LogP contribution in [0.4, 0.5) is 0 Å². The van der Waals surface area contributed by atoms with Crippen molar-refractivity contribution in [2.75, 3.05) is 20.3 Å². The molecule has 0 N–H and O–H groups in total. The molecule has 388 valence electrons. The van der Waals surface area contributed by atoms with Crippen LogP contribution in [-0.4, -0.2) is 128 Å². The van der Waals surface area contributed by atoms with E-state index in [0.29, 0.717) is 18.4 Å². The summed E-state index contributed by atoms with van der Waals surface area (Å²) in [5, 5.41) is 0. The number of rotatable bonds is 24. The molecule has 10 atom stereocenters. The molecule has 73 heavy (non-hydrogen) atoms. The fourth-order valence-electron chi connectivity index (χ4n) is 8.28. The Morgan fingerprint density at radius 2 is 1.15 bits per heavy atom. The van der Waals surface area contributed by atoms with Gasteiger partial charge in [-0.1, -0.05) is 103 Å². The smallest absolute Gasteiger partial charge is 0.339 e. The number of carbonyl (C=O) groups excluding carboxylic acids is 7. The lowest BCUT2D eigenvalue weighted by molar-refractivity contribution is -0.352. The number of hydrogen-bond acceptors (Lipinski definition) is 17. The molecule has 0 spiro atoms. The van der Waals surface area contributed by atoms with Gasteiger partial charge in [0, 0.05) is 20.3 Å². The van der Waals surface area contributed by atoms with Crippen molar-refractivity contribution in [2.24, 2.45) is 0 Å². The van der Waals surface area contributed by atoms with Crippen molar-refractivity contribution in [3.05, 3.63) is 156 Å². The number of benzene rings is 4. The highest BCUT2D eigenvalue weighted by molar-refractivity contribution is 5.93. The van der Waals surface area contributed by atoms with Crippen molar-refractivity contribution in [3.63, 3.8) is 0 Å². The number of allylic oxidation sites excluding steroid dienone is 1. The molecule has 0 unspecified atom stereocenters. The van der Waals surface area contributed by atoms with Gasteiger partial charge in [-0.05, 0) is 55.2 Å². The third kappa shape index (κ3) is 15.5. The van der Waals surface area contributed by atoms with Crippen LogP contribution in [0.2, 0.25) is 0 Å². The average Bonchev–Trinajstić information content (AvgIpc) is 3.39. The number of nitrogens with zero attached hydrogens (tertiary/aromatic N) is 1. The van der Waals surface area contributed by atoms with Gasteiger partial charge in [-0.15, -0.1) is 6.58 Å². The number of amides is 2. The fourth-order valence-corrected chi connectivity index (χ4v) is 8.28. The van der Waals surface area contributed by atoms with Gasteiger partial charge in [0.05, 0.1) is 51.1 Å². The van der Waals surface area contributed by atoms with Crippen LogP contribution < -0.4 is 0 Å². The topological polar surface area (TPSA) is 215 Å². The zero-order chi connectivity index (χ0) is 52.3. The maximum atomic E-state index is 14.3. The summed E-state index contributed by atoms with van der Waals surface area (Å²) in [5.41, 5.74) is 1.54. The van der Waals surface area contributed by atoms with Gasteiger partial charge >= 0.3 is 23.9 Å². The SMILES string of the molecule is C=CCCCO[C@H]1O[C@H](COCc2ccccc2)[C@@H](O[C@@H]2O[C@H](C(=O)OC)[C@@H](OC(=O)CCC(C)=O)[C@H](OC(=O)c3ccccc3)[C@H]2OC(=O)c2ccccc2)[C@H](OCc2ccccc2)[C@H]1N(C(C)=O)C(C)=O. The Morgan fingerprint density at radius 1 is 0.603 bits per heavy atom. The average molecular weight is 1010 g/mol. The molecule has 2 aliphatic rings. The maximum Gasteiger partial charge on any atom is 0.339 e. The van der Waals surface area contributed by atoms with E-state index in [9.17, 15) is 33.6 Å². The molecule has 18 heteroatoms. The van der Waals surface area contributed by atoms with E-state index in [4.69, 9.17) is 47.4 Å². The summed E-state index contributed by atoms with van der Waals surface area (Å²) in [6, 6.07) is 32.4. The first-order chi connectivity index (χ1) is 35.3. The Morgan fingerprint density at radius 3 is 1.68 bits per heavy atom. The van der Waals surface area contributed by atoms with E-state index in [1.54, 1.807) is 66.7 Å². The van der Waals surface area contributed by atoms with Crippen molar-refractivity contribution in [3.8, 4) is 0 Å². The zero-order valence-corrected chi connectivity index (χ0v) is 41.1. The number of methoxy groups -OCH3 is 1. The van der Waals surface area contributed by atoms with Gasteiger partial charge in [0.1, 0.15) is 30.1 Å². The lowest BCUT2D eigenvalue weighted by Gasteiger charge is -2.51. The minimum absolute atomic E-state index is 0.0251. The van der Waals surface area contributed by atoms with Gasteiger partial charge in [0.25, 0.3) is 0 Å². The summed E-state index contributed by atoms with van der Waals surface area (Å²) in [6.07, 6.45) is -13.0. The van der Waals surface area contributed by atoms with E-state index in [-0.39, 0.29) is 49.8 Å². The summed E-state index contributed by atoms with van der Waals surface area (Å²) in [4.78, 5) is 96.3. The van der Waals surface area contributed by atoms with Crippen LogP contribution in [0.15, 0.2) is 134 Å². The highest BCUT2D eigenvalue weighted by atomic mass is 16.8. The predicted octanol–water partition coefficient (Wildman–Crippen LogP) is 6.28. The molecule has 4 aromatic carbocycles. The lowest BCUT2D eigenvalue weighted by Crippen LogP contribution is -2.70. The molecule has 0 bridgehead atoms. The third-order valence-electron chi connectivity index (χ3n) is 11.8. The first-order valence-corrected chi connectivity index (χ1v) is 23.8. The van der Waals surface area contributed by atoms with E-state index < -0.39 is 103 Å². The van der Waals surface area contributed by atoms with Crippen molar-refractivity contribution >= 4 is 41.5 Å². The van der Waals surface area contributed by atoms with Gasteiger partial charge in [-0.25, -0.2) is 14.4 Å². The molecule has 2 fully saturated rings. The molecule has 2 heterocycles. The molecular weight excluding hydrogens is 947 g/mol. The summed E-state index contributed by atoms with van der Waals surface area (Å²) in [6.45, 7) is 7.27. The maximum absolute atomic E-state index is 14.3. The third-order valence-corrected chi connectivity index (χ3v) is 11.8. The molecule has 4 aromatic rings. The minimum atomic E-state index is -1.97. The molecule has 0 aliphatic carbocycles. The van der Waals surface area contributed by atoms with E-state index >= 15 is 0 Å². The first kappa shape index (κ1) is 55.4. The van der Waals surface area contributed by atoms with Gasteiger partial charge < -0.3 is 52.2 Å². The van der Waals surface area contributed by atoms with Gasteiger partial charge in [0.2, 0.25) is 11.8 Å². The largest absolute Gasteiger partial charge is 0.467 e. The number of imide groups is 1. The molecule has 0 aromatic heterocycles. The molecule has 2 aliphatic heterocycles. The zero-order valence-electron chi connectivity index (χ0n) is 41.1. The molecule has 2 amide bonds. The first-order valence-electron chi connectivity index (χ1n) is 23.8. The number of ether oxygens (including phenoxy) is 10. The number of hydrogen-bond donors (Lipinski definition) is 0. The Kier molecular flexibility index (Phi) is 21.1. The Hall–Kier alpha value is -6.93. The number of unbranched alkanes of at least 4 members (excludes halogenated alkanes) is 1. The van der Waals surface area contributed by atoms with E-state index in [0.717, 1.165) is 17.6 Å². The summed E-state index contributed by atoms with van der Waals surface area (Å²) in [5.74, 6) is -5.82. The number of ketones is 1. The lowest BCUT2D eigenvalue weighted by atomic mass is 9.93. The van der Waals surface area contributed by atoms with Crippen LogP contribution in [0.3, 0.4) is 0 Å². The van der Waals surface area contributed by atoms with Crippen LogP contribution in [0.5, 0.6) is 0 Å². The summed E-state index contributed by atoms with van der Waals surface area (Å²) < 4.78 is 63.0. The second kappa shape index (κ2) is 27.8. The van der Waals surface area contributed by atoms with Crippen molar-refractivity contribution in [1.29, 1.82) is 0 Å². The number of esters is 4. The van der Waals surface area contributed by atoms with Gasteiger partial charge in [-0.3, -0.25) is 19.3 Å². The Balaban J connectivity index is 1.53. The standard InChI is InChI=1S/C55H61NO17/c1-6-7-20-31-66-54-44(56(36(3)58)37(4)59)46(67-33-39-23-14-9-15-24-39)45(42(68-54)34-65-32-38-21-12-8-13-22-38)72-55-50(71-52(62)41-27-18-11-19-28-41)48(70-51(61)40-25-16-10-17-26-40)47(49(73-55)53(63)64-5)69-43(60)30-29-35(2)57/h6,8-19,21-28,42,44-50,54-55H,1,7,20,29-34H2,2-5H3/t42-,44-,45-,46-,47+,48+,49+,50-,54+,55-/m1/s1. The molecule has 18 nitrogen and oxygen atoms in total. The van der Waals surface area contributed by atoms with Crippen LogP contribution in [-0.2, 0) is 84.6 Å². The highest BCUT2D eigenvalue weighted by Crippen LogP contribution is 2.37. The van der Waals surface area contributed by atoms with E-state index in [1.807, 2.05) is 36.4 Å². The quantitative estimate of drug-likeness (QED) is 0.0327. The fraction of sp³-hybridized carbons (Fsp3) is 0.400.